The fraction of sp³-hybridized carbons (Fsp3) is 0.267. The maximum Gasteiger partial charge on any atom is 0.258 e. The summed E-state index contributed by atoms with van der Waals surface area (Å²) in [5.74, 6) is -0.708. The molecule has 2 heterocycles. The lowest BCUT2D eigenvalue weighted by Gasteiger charge is -2.08. The maximum absolute atomic E-state index is 13.4. The monoisotopic (exact) mass is 291 g/mol. The van der Waals surface area contributed by atoms with Gasteiger partial charge < -0.3 is 5.32 Å². The number of halogens is 2. The molecule has 4 nitrogen and oxygen atoms in total. The number of hydrogen-bond donors (Lipinski definition) is 1. The van der Waals surface area contributed by atoms with E-state index >= 15 is 0 Å². The Balaban J connectivity index is 2.11. The van der Waals surface area contributed by atoms with Crippen LogP contribution in [-0.2, 0) is 6.42 Å². The van der Waals surface area contributed by atoms with Gasteiger partial charge in [0.05, 0.1) is 11.8 Å². The second-order valence-electron chi connectivity index (χ2n) is 4.78. The highest BCUT2D eigenvalue weighted by Crippen LogP contribution is 2.13. The lowest BCUT2D eigenvalue weighted by Crippen LogP contribution is -2.15. The SMILES string of the molecule is Cc1c(F)cncc1C(=O)Nc1ccc(CC(C)F)cn1. The number of alkyl halides is 1. The molecule has 0 spiro atoms. The number of rotatable bonds is 4. The third-order valence-electron chi connectivity index (χ3n) is 2.98. The van der Waals surface area contributed by atoms with Gasteiger partial charge in [-0.2, -0.15) is 0 Å². The average Bonchev–Trinajstić information content (AvgIpc) is 2.43. The van der Waals surface area contributed by atoms with Gasteiger partial charge in [-0.15, -0.1) is 0 Å². The van der Waals surface area contributed by atoms with Crippen molar-refractivity contribution in [1.82, 2.24) is 9.97 Å². The zero-order chi connectivity index (χ0) is 15.4. The van der Waals surface area contributed by atoms with Crippen LogP contribution < -0.4 is 5.32 Å². The molecule has 1 amide bonds. The minimum atomic E-state index is -0.951. The molecule has 0 fully saturated rings. The molecule has 1 atom stereocenters. The second-order valence-corrected chi connectivity index (χ2v) is 4.78. The molecule has 2 aromatic heterocycles. The summed E-state index contributed by atoms with van der Waals surface area (Å²) in [6.07, 6.45) is 3.18. The molecule has 0 aliphatic heterocycles. The van der Waals surface area contributed by atoms with Crippen LogP contribution in [0.4, 0.5) is 14.6 Å². The molecule has 0 aliphatic carbocycles. The molecule has 0 bridgehead atoms. The highest BCUT2D eigenvalue weighted by Gasteiger charge is 2.13. The number of carbonyl (C=O) groups is 1. The number of pyridine rings is 2. The van der Waals surface area contributed by atoms with Crippen LogP contribution in [0.2, 0.25) is 0 Å². The van der Waals surface area contributed by atoms with E-state index in [-0.39, 0.29) is 17.5 Å². The summed E-state index contributed by atoms with van der Waals surface area (Å²) in [6.45, 7) is 2.97. The molecule has 2 aromatic rings. The van der Waals surface area contributed by atoms with Crippen molar-refractivity contribution in [1.29, 1.82) is 0 Å². The normalized spacial score (nSPS) is 12.0. The molecule has 0 radical (unpaired) electrons. The van der Waals surface area contributed by atoms with E-state index in [0.717, 1.165) is 11.8 Å². The Labute approximate surface area is 121 Å². The molecule has 2 rings (SSSR count). The number of amides is 1. The first-order valence-corrected chi connectivity index (χ1v) is 6.48. The molecule has 6 heteroatoms. The van der Waals surface area contributed by atoms with E-state index in [2.05, 4.69) is 15.3 Å². The highest BCUT2D eigenvalue weighted by atomic mass is 19.1. The summed E-state index contributed by atoms with van der Waals surface area (Å²) in [5, 5.41) is 2.56. The number of hydrogen-bond acceptors (Lipinski definition) is 3. The third-order valence-corrected chi connectivity index (χ3v) is 2.98. The van der Waals surface area contributed by atoms with E-state index in [1.165, 1.54) is 26.2 Å². The van der Waals surface area contributed by atoms with E-state index < -0.39 is 17.9 Å². The third kappa shape index (κ3) is 3.81. The number of nitrogens with one attached hydrogen (secondary N) is 1. The first-order valence-electron chi connectivity index (χ1n) is 6.48. The lowest BCUT2D eigenvalue weighted by molar-refractivity contribution is 0.102. The highest BCUT2D eigenvalue weighted by molar-refractivity contribution is 6.04. The Morgan fingerprint density at radius 3 is 2.71 bits per heavy atom. The van der Waals surface area contributed by atoms with Crippen LogP contribution in [0.15, 0.2) is 30.7 Å². The number of anilines is 1. The van der Waals surface area contributed by atoms with Crippen LogP contribution in [0.3, 0.4) is 0 Å². The molecular weight excluding hydrogens is 276 g/mol. The van der Waals surface area contributed by atoms with Crippen LogP contribution >= 0.6 is 0 Å². The van der Waals surface area contributed by atoms with Crippen molar-refractivity contribution in [2.75, 3.05) is 5.32 Å². The molecule has 0 saturated heterocycles. The Morgan fingerprint density at radius 2 is 2.10 bits per heavy atom. The Hall–Kier alpha value is -2.37. The van der Waals surface area contributed by atoms with Crippen molar-refractivity contribution in [2.45, 2.75) is 26.4 Å². The first-order chi connectivity index (χ1) is 9.97. The fourth-order valence-corrected chi connectivity index (χ4v) is 1.86. The summed E-state index contributed by atoms with van der Waals surface area (Å²) >= 11 is 0. The molecule has 1 unspecified atom stereocenters. The average molecular weight is 291 g/mol. The van der Waals surface area contributed by atoms with E-state index in [1.54, 1.807) is 12.1 Å². The standard InChI is InChI=1S/C15H15F2N3O/c1-9(16)5-11-3-4-14(19-6-11)20-15(21)12-7-18-8-13(17)10(12)2/h3-4,6-9H,5H2,1-2H3,(H,19,20,21). The number of aromatic nitrogens is 2. The van der Waals surface area contributed by atoms with Crippen molar-refractivity contribution < 1.29 is 13.6 Å². The van der Waals surface area contributed by atoms with E-state index in [9.17, 15) is 13.6 Å². The van der Waals surface area contributed by atoms with Gasteiger partial charge in [0.2, 0.25) is 0 Å². The zero-order valence-corrected chi connectivity index (χ0v) is 11.7. The van der Waals surface area contributed by atoms with Gasteiger partial charge >= 0.3 is 0 Å². The van der Waals surface area contributed by atoms with Crippen molar-refractivity contribution in [3.8, 4) is 0 Å². The summed E-state index contributed by atoms with van der Waals surface area (Å²) in [5.41, 5.74) is 1.12. The zero-order valence-electron chi connectivity index (χ0n) is 11.7. The van der Waals surface area contributed by atoms with Gasteiger partial charge in [-0.05, 0) is 25.5 Å². The van der Waals surface area contributed by atoms with E-state index in [0.29, 0.717) is 5.82 Å². The van der Waals surface area contributed by atoms with E-state index in [1.807, 2.05) is 0 Å². The quantitative estimate of drug-likeness (QED) is 0.941. The van der Waals surface area contributed by atoms with Gasteiger partial charge in [0, 0.05) is 24.4 Å². The Kier molecular flexibility index (Phi) is 4.57. The van der Waals surface area contributed by atoms with Gasteiger partial charge in [0.1, 0.15) is 17.8 Å². The maximum atomic E-state index is 13.4. The van der Waals surface area contributed by atoms with Crippen molar-refractivity contribution in [3.63, 3.8) is 0 Å². The van der Waals surface area contributed by atoms with Gasteiger partial charge in [-0.1, -0.05) is 6.07 Å². The van der Waals surface area contributed by atoms with Gasteiger partial charge in [-0.25, -0.2) is 13.8 Å². The van der Waals surface area contributed by atoms with Crippen LogP contribution in [0, 0.1) is 12.7 Å². The summed E-state index contributed by atoms with van der Waals surface area (Å²) < 4.78 is 26.2. The minimum absolute atomic E-state index is 0.151. The molecule has 0 aromatic carbocycles. The largest absolute Gasteiger partial charge is 0.307 e. The predicted molar refractivity (Wildman–Crippen MR) is 75.4 cm³/mol. The number of carbonyl (C=O) groups excluding carboxylic acids is 1. The van der Waals surface area contributed by atoms with Crippen LogP contribution in [0.1, 0.15) is 28.4 Å². The van der Waals surface area contributed by atoms with Crippen LogP contribution in [0.25, 0.3) is 0 Å². The summed E-state index contributed by atoms with van der Waals surface area (Å²) in [4.78, 5) is 19.7. The summed E-state index contributed by atoms with van der Waals surface area (Å²) in [6, 6.07) is 3.27. The molecule has 0 saturated carbocycles. The second kappa shape index (κ2) is 6.39. The Morgan fingerprint density at radius 1 is 1.33 bits per heavy atom. The predicted octanol–water partition coefficient (Wildman–Crippen LogP) is 3.08. The number of nitrogens with zero attached hydrogens (tertiary/aromatic N) is 2. The Bertz CT molecular complexity index is 642. The van der Waals surface area contributed by atoms with Crippen LogP contribution in [0.5, 0.6) is 0 Å². The first kappa shape index (κ1) is 15.0. The van der Waals surface area contributed by atoms with E-state index in [4.69, 9.17) is 0 Å². The van der Waals surface area contributed by atoms with Crippen molar-refractivity contribution >= 4 is 11.7 Å². The molecule has 1 N–H and O–H groups in total. The minimum Gasteiger partial charge on any atom is -0.307 e. The fourth-order valence-electron chi connectivity index (χ4n) is 1.86. The summed E-state index contributed by atoms with van der Waals surface area (Å²) in [7, 11) is 0. The molecular formula is C15H15F2N3O. The molecule has 0 aliphatic rings. The van der Waals surface area contributed by atoms with Crippen molar-refractivity contribution in [2.24, 2.45) is 0 Å². The van der Waals surface area contributed by atoms with Gasteiger partial charge in [0.15, 0.2) is 0 Å². The topological polar surface area (TPSA) is 54.9 Å². The smallest absolute Gasteiger partial charge is 0.258 e. The molecule has 21 heavy (non-hydrogen) atoms. The van der Waals surface area contributed by atoms with Crippen molar-refractivity contribution in [3.05, 3.63) is 53.2 Å². The van der Waals surface area contributed by atoms with Gasteiger partial charge in [-0.3, -0.25) is 9.78 Å². The van der Waals surface area contributed by atoms with Gasteiger partial charge in [0.25, 0.3) is 5.91 Å². The molecule has 110 valence electrons. The van der Waals surface area contributed by atoms with Crippen LogP contribution in [-0.4, -0.2) is 22.0 Å². The lowest BCUT2D eigenvalue weighted by atomic mass is 10.1.